The van der Waals surface area contributed by atoms with Gasteiger partial charge in [-0.05, 0) is 75.4 Å². The molecule has 7 rings (SSSR count). The van der Waals surface area contributed by atoms with Crippen molar-refractivity contribution in [2.75, 3.05) is 19.8 Å². The summed E-state index contributed by atoms with van der Waals surface area (Å²) in [7, 11) is 0. The van der Waals surface area contributed by atoms with Crippen LogP contribution in [0.1, 0.15) is 51.8 Å². The van der Waals surface area contributed by atoms with Gasteiger partial charge in [-0.3, -0.25) is 0 Å². The van der Waals surface area contributed by atoms with E-state index in [1.54, 1.807) is 75.4 Å². The number of hydrogen-bond donors (Lipinski definition) is 0. The second-order valence-electron chi connectivity index (χ2n) is 10.0. The van der Waals surface area contributed by atoms with E-state index in [-0.39, 0.29) is 19.8 Å². The third-order valence-electron chi connectivity index (χ3n) is 7.20. The van der Waals surface area contributed by atoms with Crippen LogP contribution in [0.5, 0.6) is 0 Å². The molecule has 0 saturated heterocycles. The van der Waals surface area contributed by atoms with Crippen molar-refractivity contribution in [3.8, 4) is 0 Å². The highest BCUT2D eigenvalue weighted by molar-refractivity contribution is 6.21. The molecule has 7 aromatic rings. The van der Waals surface area contributed by atoms with Crippen LogP contribution in [0, 0.1) is 0 Å². The average Bonchev–Trinajstić information content (AvgIpc) is 3.05. The first-order valence-corrected chi connectivity index (χ1v) is 14.4. The normalized spacial score (nSPS) is 11.5. The molecular weight excluding hydrogens is 576 g/mol. The molecule has 0 aliphatic heterocycles. The Kier molecular flexibility index (Phi) is 6.80. The van der Waals surface area contributed by atoms with Gasteiger partial charge in [0, 0.05) is 0 Å². The molecule has 12 nitrogen and oxygen atoms in total. The zero-order valence-corrected chi connectivity index (χ0v) is 24.5. The number of carbonyl (C=O) groups is 3. The van der Waals surface area contributed by atoms with E-state index >= 15 is 0 Å². The Bertz CT molecular complexity index is 2390. The van der Waals surface area contributed by atoms with E-state index in [1.807, 2.05) is 0 Å². The molecule has 4 aromatic carbocycles. The van der Waals surface area contributed by atoms with E-state index in [9.17, 15) is 14.4 Å². The zero-order chi connectivity index (χ0) is 31.2. The van der Waals surface area contributed by atoms with Gasteiger partial charge in [0.2, 0.25) is 0 Å². The molecule has 3 heterocycles. The number of carbonyl (C=O) groups excluding carboxylic acids is 3. The van der Waals surface area contributed by atoms with Gasteiger partial charge in [0.15, 0.2) is 0 Å². The highest BCUT2D eigenvalue weighted by Crippen LogP contribution is 2.33. The Labute approximate surface area is 254 Å². The second-order valence-corrected chi connectivity index (χ2v) is 10.0. The van der Waals surface area contributed by atoms with Crippen LogP contribution in [0.4, 0.5) is 0 Å². The highest BCUT2D eigenvalue weighted by Gasteiger charge is 2.21. The van der Waals surface area contributed by atoms with E-state index in [0.717, 1.165) is 0 Å². The molecule has 0 amide bonds. The van der Waals surface area contributed by atoms with E-state index < -0.39 is 17.9 Å². The third kappa shape index (κ3) is 4.76. The Morgan fingerprint density at radius 2 is 0.667 bits per heavy atom. The number of fused-ring (bicyclic) bond motifs is 9. The standard InChI is InChI=1S/C33H24N6O6/c1-4-43-31(40)16-7-10-19-22(13-16)37-28-25(34-19)26-29(38-23-14-17(32(41)44-5-2)8-11-20(23)35-26)30-27(28)36-21-12-9-18(15-24(21)39-30)33(42)45-6-3/h7-15H,4-6H2,1-3H3. The quantitative estimate of drug-likeness (QED) is 0.102. The summed E-state index contributed by atoms with van der Waals surface area (Å²) in [6, 6.07) is 14.8. The van der Waals surface area contributed by atoms with Gasteiger partial charge in [-0.15, -0.1) is 0 Å². The Morgan fingerprint density at radius 3 is 0.911 bits per heavy atom. The number of nitrogens with zero attached hydrogens (tertiary/aromatic N) is 6. The summed E-state index contributed by atoms with van der Waals surface area (Å²) in [6.07, 6.45) is 0. The number of benzene rings is 4. The van der Waals surface area contributed by atoms with Gasteiger partial charge in [0.05, 0.1) is 69.6 Å². The fraction of sp³-hybridized carbons (Fsp3) is 0.182. The first-order chi connectivity index (χ1) is 21.9. The van der Waals surface area contributed by atoms with Crippen LogP contribution in [-0.4, -0.2) is 67.6 Å². The second kappa shape index (κ2) is 11.0. The first-order valence-electron chi connectivity index (χ1n) is 14.4. The molecule has 0 aliphatic rings. The maximum absolute atomic E-state index is 12.5. The van der Waals surface area contributed by atoms with Gasteiger partial charge >= 0.3 is 17.9 Å². The lowest BCUT2D eigenvalue weighted by Crippen LogP contribution is -2.06. The van der Waals surface area contributed by atoms with Crippen molar-refractivity contribution in [2.24, 2.45) is 0 Å². The fourth-order valence-electron chi connectivity index (χ4n) is 5.18. The number of rotatable bonds is 6. The van der Waals surface area contributed by atoms with E-state index in [1.165, 1.54) is 0 Å². The van der Waals surface area contributed by atoms with Crippen LogP contribution in [0.3, 0.4) is 0 Å². The molecule has 0 N–H and O–H groups in total. The number of hydrogen-bond acceptors (Lipinski definition) is 12. The summed E-state index contributed by atoms with van der Waals surface area (Å²) < 4.78 is 15.5. The van der Waals surface area contributed by atoms with Crippen LogP contribution in [0.2, 0.25) is 0 Å². The monoisotopic (exact) mass is 600 g/mol. The van der Waals surface area contributed by atoms with Gasteiger partial charge in [-0.2, -0.15) is 0 Å². The van der Waals surface area contributed by atoms with E-state index in [0.29, 0.717) is 82.9 Å². The first kappa shape index (κ1) is 27.9. The Morgan fingerprint density at radius 1 is 0.422 bits per heavy atom. The van der Waals surface area contributed by atoms with Gasteiger partial charge in [0.25, 0.3) is 0 Å². The molecule has 0 atom stereocenters. The third-order valence-corrected chi connectivity index (χ3v) is 7.20. The van der Waals surface area contributed by atoms with Crippen molar-refractivity contribution < 1.29 is 28.6 Å². The summed E-state index contributed by atoms with van der Waals surface area (Å²) >= 11 is 0. The summed E-state index contributed by atoms with van der Waals surface area (Å²) in [4.78, 5) is 66.8. The number of aromatic nitrogens is 6. The molecule has 0 aliphatic carbocycles. The Hall–Kier alpha value is -5.91. The highest BCUT2D eigenvalue weighted by atomic mass is 16.5. The predicted molar refractivity (Wildman–Crippen MR) is 166 cm³/mol. The van der Waals surface area contributed by atoms with Crippen molar-refractivity contribution in [3.63, 3.8) is 0 Å². The molecular formula is C33H24N6O6. The Balaban J connectivity index is 1.57. The summed E-state index contributed by atoms with van der Waals surface area (Å²) in [5.74, 6) is -1.41. The zero-order valence-electron chi connectivity index (χ0n) is 24.5. The minimum absolute atomic E-state index is 0.234. The lowest BCUT2D eigenvalue weighted by molar-refractivity contribution is 0.0517. The van der Waals surface area contributed by atoms with Crippen LogP contribution in [0.25, 0.3) is 66.2 Å². The molecule has 12 heteroatoms. The maximum Gasteiger partial charge on any atom is 0.338 e. The van der Waals surface area contributed by atoms with Crippen LogP contribution < -0.4 is 0 Å². The fourth-order valence-corrected chi connectivity index (χ4v) is 5.18. The van der Waals surface area contributed by atoms with E-state index in [4.69, 9.17) is 44.1 Å². The molecule has 3 aromatic heterocycles. The summed E-state index contributed by atoms with van der Waals surface area (Å²) in [6.45, 7) is 5.93. The molecule has 0 spiro atoms. The van der Waals surface area contributed by atoms with Gasteiger partial charge in [-0.25, -0.2) is 44.3 Å². The largest absolute Gasteiger partial charge is 0.462 e. The number of esters is 3. The minimum atomic E-state index is -0.475. The lowest BCUT2D eigenvalue weighted by Gasteiger charge is -2.11. The summed E-state index contributed by atoms with van der Waals surface area (Å²) in [5, 5.41) is 0. The molecule has 222 valence electrons. The number of ether oxygens (including phenoxy) is 3. The molecule has 0 saturated carbocycles. The minimum Gasteiger partial charge on any atom is -0.462 e. The SMILES string of the molecule is CCOC(=O)c1ccc2nc3c4nc5ccc(C(=O)OCC)cc5nc4c4nc5cc(C(=O)OCC)ccc5nc4c3nc2c1. The lowest BCUT2D eigenvalue weighted by atomic mass is 10.1. The maximum atomic E-state index is 12.5. The van der Waals surface area contributed by atoms with Crippen molar-refractivity contribution in [1.82, 2.24) is 29.9 Å². The topological polar surface area (TPSA) is 156 Å². The molecule has 0 bridgehead atoms. The predicted octanol–water partition coefficient (Wildman–Crippen LogP) is 5.51. The van der Waals surface area contributed by atoms with Crippen molar-refractivity contribution >= 4 is 84.1 Å². The van der Waals surface area contributed by atoms with Gasteiger partial charge in [-0.1, -0.05) is 0 Å². The molecule has 0 fully saturated rings. The molecule has 0 radical (unpaired) electrons. The van der Waals surface area contributed by atoms with Crippen LogP contribution >= 0.6 is 0 Å². The van der Waals surface area contributed by atoms with Crippen LogP contribution in [0.15, 0.2) is 54.6 Å². The van der Waals surface area contributed by atoms with Crippen molar-refractivity contribution in [3.05, 3.63) is 71.3 Å². The average molecular weight is 601 g/mol. The van der Waals surface area contributed by atoms with Crippen molar-refractivity contribution in [2.45, 2.75) is 20.8 Å². The van der Waals surface area contributed by atoms with E-state index in [2.05, 4.69) is 0 Å². The molecule has 0 unspecified atom stereocenters. The molecule has 45 heavy (non-hydrogen) atoms. The smallest absolute Gasteiger partial charge is 0.338 e. The van der Waals surface area contributed by atoms with Crippen LogP contribution in [-0.2, 0) is 14.2 Å². The summed E-state index contributed by atoms with van der Waals surface area (Å²) in [5.41, 5.74) is 6.35. The van der Waals surface area contributed by atoms with Gasteiger partial charge in [0.1, 0.15) is 33.1 Å². The van der Waals surface area contributed by atoms with Crippen molar-refractivity contribution in [1.29, 1.82) is 0 Å². The van der Waals surface area contributed by atoms with Gasteiger partial charge < -0.3 is 14.2 Å².